The number of rotatable bonds is 8. The normalized spacial score (nSPS) is 20.9. The third-order valence-electron chi connectivity index (χ3n) is 6.82. The summed E-state index contributed by atoms with van der Waals surface area (Å²) in [5.74, 6) is -0.234. The monoisotopic (exact) mass is 469 g/mol. The summed E-state index contributed by atoms with van der Waals surface area (Å²) in [4.78, 5) is 22.2. The van der Waals surface area contributed by atoms with Crippen LogP contribution >= 0.6 is 0 Å². The largest absolute Gasteiger partial charge is 0.379 e. The van der Waals surface area contributed by atoms with Crippen LogP contribution in [0.2, 0.25) is 0 Å². The quantitative estimate of drug-likeness (QED) is 0.616. The van der Waals surface area contributed by atoms with Gasteiger partial charge in [0.25, 0.3) is 0 Å². The first-order valence-corrected chi connectivity index (χ1v) is 12.1. The van der Waals surface area contributed by atoms with Crippen molar-refractivity contribution < 1.29 is 13.9 Å². The minimum absolute atomic E-state index is 0.0148. The van der Waals surface area contributed by atoms with Gasteiger partial charge in [0.15, 0.2) is 0 Å². The Hall–Kier alpha value is -2.39. The summed E-state index contributed by atoms with van der Waals surface area (Å²) < 4.78 is 18.8. The Bertz CT molecular complexity index is 997. The van der Waals surface area contributed by atoms with E-state index >= 15 is 0 Å². The van der Waals surface area contributed by atoms with E-state index in [1.807, 2.05) is 17.2 Å². The van der Waals surface area contributed by atoms with Crippen molar-refractivity contribution >= 4 is 11.6 Å². The summed E-state index contributed by atoms with van der Waals surface area (Å²) in [6.07, 6.45) is 2.50. The van der Waals surface area contributed by atoms with Crippen LogP contribution < -0.4 is 16.0 Å². The summed E-state index contributed by atoms with van der Waals surface area (Å²) in [7, 11) is 0. The van der Waals surface area contributed by atoms with Crippen molar-refractivity contribution in [3.8, 4) is 0 Å². The maximum absolute atomic E-state index is 13.3. The molecule has 2 aliphatic heterocycles. The zero-order valence-corrected chi connectivity index (χ0v) is 20.4. The highest BCUT2D eigenvalue weighted by Gasteiger charge is 2.39. The summed E-state index contributed by atoms with van der Waals surface area (Å²) >= 11 is 0. The third kappa shape index (κ3) is 5.63. The number of benzene rings is 1. The molecule has 0 aliphatic carbocycles. The van der Waals surface area contributed by atoms with E-state index < -0.39 is 0 Å². The minimum Gasteiger partial charge on any atom is -0.379 e. The molecule has 3 N–H and O–H groups in total. The third-order valence-corrected chi connectivity index (χ3v) is 6.82. The summed E-state index contributed by atoms with van der Waals surface area (Å²) in [6.45, 7) is 10.8. The molecule has 4 rings (SSSR count). The molecule has 2 atom stereocenters. The molecule has 0 bridgehead atoms. The Labute approximate surface area is 201 Å². The number of nitrogens with two attached hydrogens (primary N) is 1. The van der Waals surface area contributed by atoms with E-state index in [-0.39, 0.29) is 29.7 Å². The Morgan fingerprint density at radius 2 is 2.09 bits per heavy atom. The van der Waals surface area contributed by atoms with Gasteiger partial charge in [-0.25, -0.2) is 4.39 Å². The average Bonchev–Trinajstić information content (AvgIpc) is 3.09. The van der Waals surface area contributed by atoms with E-state index in [2.05, 4.69) is 31.0 Å². The smallest absolute Gasteiger partial charge is 0.241 e. The summed E-state index contributed by atoms with van der Waals surface area (Å²) in [5, 5.41) is 3.38. The van der Waals surface area contributed by atoms with E-state index in [0.717, 1.165) is 48.8 Å². The number of ether oxygens (including phenoxy) is 1. The van der Waals surface area contributed by atoms with E-state index in [4.69, 9.17) is 15.5 Å². The number of nitrogens with zero attached hydrogens (tertiary/aromatic N) is 3. The number of hydrogen-bond acceptors (Lipinski definition) is 6. The van der Waals surface area contributed by atoms with Gasteiger partial charge in [-0.1, -0.05) is 26.0 Å². The highest BCUT2D eigenvalue weighted by Crippen LogP contribution is 2.39. The van der Waals surface area contributed by atoms with Crippen LogP contribution in [0.25, 0.3) is 0 Å². The Morgan fingerprint density at radius 1 is 1.32 bits per heavy atom. The minimum atomic E-state index is -0.249. The zero-order valence-electron chi connectivity index (χ0n) is 20.4. The van der Waals surface area contributed by atoms with Crippen molar-refractivity contribution in [2.24, 2.45) is 5.73 Å². The average molecular weight is 470 g/mol. The second-order valence-corrected chi connectivity index (χ2v) is 10.1. The van der Waals surface area contributed by atoms with Gasteiger partial charge < -0.3 is 20.7 Å². The van der Waals surface area contributed by atoms with Crippen LogP contribution in [0.4, 0.5) is 10.1 Å². The second kappa shape index (κ2) is 10.5. The Kier molecular flexibility index (Phi) is 7.62. The van der Waals surface area contributed by atoms with Gasteiger partial charge in [0.1, 0.15) is 5.82 Å². The molecule has 1 amide bonds. The van der Waals surface area contributed by atoms with Crippen molar-refractivity contribution in [2.45, 2.75) is 44.7 Å². The number of nitrogens with one attached hydrogen (secondary N) is 1. The van der Waals surface area contributed by atoms with E-state index in [1.54, 1.807) is 12.1 Å². The van der Waals surface area contributed by atoms with Crippen LogP contribution in [0.3, 0.4) is 0 Å². The molecule has 34 heavy (non-hydrogen) atoms. The molecule has 8 heteroatoms. The lowest BCUT2D eigenvalue weighted by molar-refractivity contribution is -0.118. The van der Waals surface area contributed by atoms with Gasteiger partial charge in [-0.05, 0) is 42.7 Å². The van der Waals surface area contributed by atoms with Crippen LogP contribution in [0.15, 0.2) is 36.5 Å². The van der Waals surface area contributed by atoms with Gasteiger partial charge >= 0.3 is 0 Å². The van der Waals surface area contributed by atoms with Crippen LogP contribution in [-0.2, 0) is 21.4 Å². The molecule has 1 aromatic heterocycles. The fourth-order valence-electron chi connectivity index (χ4n) is 4.80. The molecule has 0 spiro atoms. The topological polar surface area (TPSA) is 83.7 Å². The number of pyridine rings is 1. The Balaban J connectivity index is 1.43. The van der Waals surface area contributed by atoms with Gasteiger partial charge in [0, 0.05) is 49.9 Å². The molecule has 1 fully saturated rings. The van der Waals surface area contributed by atoms with Gasteiger partial charge in [0.2, 0.25) is 5.91 Å². The predicted molar refractivity (Wildman–Crippen MR) is 132 cm³/mol. The van der Waals surface area contributed by atoms with Gasteiger partial charge in [-0.3, -0.25) is 14.7 Å². The highest BCUT2D eigenvalue weighted by molar-refractivity contribution is 5.97. The number of amides is 1. The number of halogens is 1. The number of hydrogen-bond donors (Lipinski definition) is 2. The summed E-state index contributed by atoms with van der Waals surface area (Å²) in [5.41, 5.74) is 9.59. The van der Waals surface area contributed by atoms with Gasteiger partial charge in [-0.2, -0.15) is 0 Å². The van der Waals surface area contributed by atoms with E-state index in [9.17, 15) is 9.18 Å². The van der Waals surface area contributed by atoms with E-state index in [1.165, 1.54) is 12.1 Å². The molecule has 2 aliphatic rings. The van der Waals surface area contributed by atoms with Gasteiger partial charge in [-0.15, -0.1) is 0 Å². The van der Waals surface area contributed by atoms with Crippen molar-refractivity contribution in [1.82, 2.24) is 15.2 Å². The standard InChI is InChI=1S/C26H36FN5O2/c1-18-16-34-9-8-31(18)15-22(12-28)29-14-24(33)32-17-26(2,3)25-23(32)11-20(13-30-25)10-19-4-6-21(27)7-5-19/h4-7,11,13,18,22,29H,8-10,12,14-17,28H2,1-3H3/t18-,22-/m1/s1. The maximum atomic E-state index is 13.3. The molecule has 7 nitrogen and oxygen atoms in total. The number of anilines is 1. The van der Waals surface area contributed by atoms with Crippen molar-refractivity contribution in [2.75, 3.05) is 50.8 Å². The SMILES string of the molecule is C[C@@H]1COCCN1C[C@@H](CN)NCC(=O)N1CC(C)(C)c2ncc(Cc3ccc(F)cc3)cc21. The molecule has 0 radical (unpaired) electrons. The molecule has 3 heterocycles. The molecule has 1 saturated heterocycles. The fraction of sp³-hybridized carbons (Fsp3) is 0.538. The molecule has 1 aromatic carbocycles. The molecule has 184 valence electrons. The van der Waals surface area contributed by atoms with Crippen LogP contribution in [0.1, 0.15) is 37.6 Å². The number of fused-ring (bicyclic) bond motifs is 1. The van der Waals surface area contributed by atoms with Crippen molar-refractivity contribution in [3.63, 3.8) is 0 Å². The van der Waals surface area contributed by atoms with Crippen LogP contribution in [-0.4, -0.2) is 73.8 Å². The molecule has 2 aromatic rings. The first kappa shape index (κ1) is 24.7. The molecule has 0 saturated carbocycles. The lowest BCUT2D eigenvalue weighted by Gasteiger charge is -2.35. The molecular weight excluding hydrogens is 433 g/mol. The van der Waals surface area contributed by atoms with Crippen LogP contribution in [0.5, 0.6) is 0 Å². The lowest BCUT2D eigenvalue weighted by Crippen LogP contribution is -2.53. The van der Waals surface area contributed by atoms with Crippen LogP contribution in [0, 0.1) is 5.82 Å². The lowest BCUT2D eigenvalue weighted by atomic mass is 9.91. The first-order chi connectivity index (χ1) is 16.3. The predicted octanol–water partition coefficient (Wildman–Crippen LogP) is 2.07. The Morgan fingerprint density at radius 3 is 2.79 bits per heavy atom. The first-order valence-electron chi connectivity index (χ1n) is 12.1. The molecule has 0 unspecified atom stereocenters. The van der Waals surface area contributed by atoms with Crippen molar-refractivity contribution in [1.29, 1.82) is 0 Å². The van der Waals surface area contributed by atoms with E-state index in [0.29, 0.717) is 25.6 Å². The summed E-state index contributed by atoms with van der Waals surface area (Å²) in [6, 6.07) is 8.91. The van der Waals surface area contributed by atoms with Crippen molar-refractivity contribution in [3.05, 3.63) is 59.2 Å². The number of carbonyl (C=O) groups excluding carboxylic acids is 1. The molecular formula is C26H36FN5O2. The number of carbonyl (C=O) groups is 1. The number of morpholine rings is 1. The zero-order chi connectivity index (χ0) is 24.3. The fourth-order valence-corrected chi connectivity index (χ4v) is 4.80. The maximum Gasteiger partial charge on any atom is 0.241 e. The second-order valence-electron chi connectivity index (χ2n) is 10.1. The van der Waals surface area contributed by atoms with Gasteiger partial charge in [0.05, 0.1) is 31.1 Å². The highest BCUT2D eigenvalue weighted by atomic mass is 19.1. The number of aromatic nitrogens is 1.